The third-order valence-electron chi connectivity index (χ3n) is 5.39. The first-order valence-corrected chi connectivity index (χ1v) is 11.7. The summed E-state index contributed by atoms with van der Waals surface area (Å²) in [6, 6.07) is 10.7. The van der Waals surface area contributed by atoms with Crippen LogP contribution in [0.2, 0.25) is 0 Å². The minimum absolute atomic E-state index is 0.00854. The first-order chi connectivity index (χ1) is 14.4. The molecule has 1 aliphatic heterocycles. The highest BCUT2D eigenvalue weighted by Gasteiger charge is 2.25. The Kier molecular flexibility index (Phi) is 6.51. The molecule has 0 saturated carbocycles. The molecule has 0 spiro atoms. The Balaban J connectivity index is 1.66. The number of rotatable bonds is 5. The highest BCUT2D eigenvalue weighted by atomic mass is 35.5. The Bertz CT molecular complexity index is 1050. The van der Waals surface area contributed by atoms with Gasteiger partial charge in [-0.25, -0.2) is 4.98 Å². The number of aromatic nitrogens is 3. The minimum Gasteiger partial charge on any atom is -0.381 e. The fraction of sp³-hybridized carbons (Fsp3) is 0.417. The second-order valence-corrected chi connectivity index (χ2v) is 10.2. The van der Waals surface area contributed by atoms with Crippen LogP contribution < -0.4 is 0 Å². The van der Waals surface area contributed by atoms with Crippen LogP contribution in [0.3, 0.4) is 0 Å². The van der Waals surface area contributed by atoms with Gasteiger partial charge in [-0.2, -0.15) is 0 Å². The van der Waals surface area contributed by atoms with Gasteiger partial charge in [0.05, 0.1) is 16.7 Å². The lowest BCUT2D eigenvalue weighted by atomic mass is 9.94. The van der Waals surface area contributed by atoms with Crippen LogP contribution in [0.25, 0.3) is 17.1 Å². The van der Waals surface area contributed by atoms with Gasteiger partial charge in [-0.05, 0) is 55.2 Å². The quantitative estimate of drug-likeness (QED) is 0.452. The second kappa shape index (κ2) is 9.13. The van der Waals surface area contributed by atoms with Crippen LogP contribution in [0, 0.1) is 5.92 Å². The van der Waals surface area contributed by atoms with Gasteiger partial charge in [-0.3, -0.25) is 4.98 Å². The first kappa shape index (κ1) is 21.4. The number of imidazole rings is 1. The number of hydrogen-bond donors (Lipinski definition) is 0. The maximum Gasteiger partial charge on any atom is 0.115 e. The standard InChI is InChI=1S/C24H28ClN3OS/c1-24(2,3)23-27-21-15-19(30-20-7-11-26-18(14-20)6-10-25)4-5-22(21)28(23)16-17-8-12-29-13-9-17/h4-7,10-11,14-15,17H,8-9,12-13,16H2,1-3H3. The fourth-order valence-electron chi connectivity index (χ4n) is 3.90. The molecule has 2 aromatic heterocycles. The van der Waals surface area contributed by atoms with Gasteiger partial charge in [0.25, 0.3) is 0 Å². The number of halogens is 1. The molecule has 0 N–H and O–H groups in total. The topological polar surface area (TPSA) is 39.9 Å². The molecule has 0 radical (unpaired) electrons. The van der Waals surface area contributed by atoms with Crippen molar-refractivity contribution in [2.24, 2.45) is 5.92 Å². The van der Waals surface area contributed by atoms with Gasteiger partial charge < -0.3 is 9.30 Å². The van der Waals surface area contributed by atoms with Gasteiger partial charge in [-0.15, -0.1) is 0 Å². The summed E-state index contributed by atoms with van der Waals surface area (Å²) in [6.07, 6.45) is 5.85. The monoisotopic (exact) mass is 441 g/mol. The average molecular weight is 442 g/mol. The molecule has 6 heteroatoms. The lowest BCUT2D eigenvalue weighted by Crippen LogP contribution is -2.25. The van der Waals surface area contributed by atoms with E-state index in [1.807, 2.05) is 18.3 Å². The predicted octanol–water partition coefficient (Wildman–Crippen LogP) is 6.52. The smallest absolute Gasteiger partial charge is 0.115 e. The summed E-state index contributed by atoms with van der Waals surface area (Å²) in [7, 11) is 0. The Hall–Kier alpha value is -1.82. The molecule has 1 saturated heterocycles. The lowest BCUT2D eigenvalue weighted by Gasteiger charge is -2.26. The van der Waals surface area contributed by atoms with Crippen molar-refractivity contribution in [2.45, 2.75) is 55.4 Å². The van der Waals surface area contributed by atoms with Gasteiger partial charge in [0, 0.05) is 46.7 Å². The van der Waals surface area contributed by atoms with Crippen LogP contribution in [-0.4, -0.2) is 27.7 Å². The van der Waals surface area contributed by atoms with Crippen molar-refractivity contribution >= 4 is 40.5 Å². The Morgan fingerprint density at radius 1 is 1.17 bits per heavy atom. The second-order valence-electron chi connectivity index (χ2n) is 8.81. The van der Waals surface area contributed by atoms with Crippen LogP contribution in [0.15, 0.2) is 51.9 Å². The molecule has 3 heterocycles. The minimum atomic E-state index is -0.00854. The highest BCUT2D eigenvalue weighted by Crippen LogP contribution is 2.33. The van der Waals surface area contributed by atoms with Crippen LogP contribution in [0.4, 0.5) is 0 Å². The summed E-state index contributed by atoms with van der Waals surface area (Å²) < 4.78 is 8.00. The maximum atomic E-state index is 5.69. The van der Waals surface area contributed by atoms with Crippen LogP contribution in [-0.2, 0) is 16.7 Å². The summed E-state index contributed by atoms with van der Waals surface area (Å²) in [6.45, 7) is 9.48. The molecule has 0 unspecified atom stereocenters. The molecule has 158 valence electrons. The average Bonchev–Trinajstić information content (AvgIpc) is 3.07. The highest BCUT2D eigenvalue weighted by molar-refractivity contribution is 7.99. The zero-order valence-corrected chi connectivity index (χ0v) is 19.3. The van der Waals surface area contributed by atoms with E-state index in [2.05, 4.69) is 48.5 Å². The molecule has 1 aromatic carbocycles. The fourth-order valence-corrected chi connectivity index (χ4v) is 4.92. The van der Waals surface area contributed by atoms with E-state index in [1.165, 1.54) is 15.9 Å². The molecule has 1 fully saturated rings. The van der Waals surface area contributed by atoms with E-state index < -0.39 is 0 Å². The van der Waals surface area contributed by atoms with Gasteiger partial charge in [0.2, 0.25) is 0 Å². The summed E-state index contributed by atoms with van der Waals surface area (Å²) >= 11 is 7.41. The number of pyridine rings is 1. The molecule has 1 aliphatic rings. The number of nitrogens with zero attached hydrogens (tertiary/aromatic N) is 3. The van der Waals surface area contributed by atoms with E-state index in [-0.39, 0.29) is 5.41 Å². The molecule has 0 bridgehead atoms. The SMILES string of the molecule is CC(C)(C)c1nc2cc(Sc3ccnc(C=CCl)c3)ccc2n1CC1CCOCC1. The summed E-state index contributed by atoms with van der Waals surface area (Å²) in [5.74, 6) is 1.81. The van der Waals surface area contributed by atoms with Crippen molar-refractivity contribution in [3.05, 3.63) is 53.6 Å². The molecular formula is C24H28ClN3OS. The third-order valence-corrected chi connectivity index (χ3v) is 6.50. The Morgan fingerprint density at radius 2 is 1.93 bits per heavy atom. The van der Waals surface area contributed by atoms with Crippen molar-refractivity contribution in [2.75, 3.05) is 13.2 Å². The third kappa shape index (κ3) is 4.90. The van der Waals surface area contributed by atoms with Crippen LogP contribution >= 0.6 is 23.4 Å². The zero-order chi connectivity index (χ0) is 21.1. The summed E-state index contributed by atoms with van der Waals surface area (Å²) in [5, 5.41) is 0. The largest absolute Gasteiger partial charge is 0.381 e. The number of benzene rings is 1. The molecule has 4 nitrogen and oxygen atoms in total. The van der Waals surface area contributed by atoms with E-state index in [9.17, 15) is 0 Å². The molecular weight excluding hydrogens is 414 g/mol. The van der Waals surface area contributed by atoms with Crippen molar-refractivity contribution in [1.29, 1.82) is 0 Å². The van der Waals surface area contributed by atoms with Crippen molar-refractivity contribution < 1.29 is 4.74 Å². The summed E-state index contributed by atoms with van der Waals surface area (Å²) in [5.41, 5.74) is 4.61. The molecule has 0 atom stereocenters. The Morgan fingerprint density at radius 3 is 2.67 bits per heavy atom. The van der Waals surface area contributed by atoms with Gasteiger partial charge >= 0.3 is 0 Å². The summed E-state index contributed by atoms with van der Waals surface area (Å²) in [4.78, 5) is 11.7. The van der Waals surface area contributed by atoms with Crippen LogP contribution in [0.5, 0.6) is 0 Å². The number of fused-ring (bicyclic) bond motifs is 1. The first-order valence-electron chi connectivity index (χ1n) is 10.4. The predicted molar refractivity (Wildman–Crippen MR) is 125 cm³/mol. The van der Waals surface area contributed by atoms with E-state index in [0.717, 1.165) is 54.5 Å². The number of hydrogen-bond acceptors (Lipinski definition) is 4. The van der Waals surface area contributed by atoms with Crippen molar-refractivity contribution in [3.8, 4) is 0 Å². The number of ether oxygens (including phenoxy) is 1. The lowest BCUT2D eigenvalue weighted by molar-refractivity contribution is 0.0611. The zero-order valence-electron chi connectivity index (χ0n) is 17.8. The van der Waals surface area contributed by atoms with Crippen LogP contribution in [0.1, 0.15) is 45.1 Å². The molecule has 3 aromatic rings. The van der Waals surface area contributed by atoms with Gasteiger partial charge in [-0.1, -0.05) is 44.1 Å². The van der Waals surface area contributed by atoms with E-state index in [4.69, 9.17) is 21.3 Å². The normalized spacial score (nSPS) is 16.0. The molecule has 0 amide bonds. The molecule has 0 aliphatic carbocycles. The molecule has 4 rings (SSSR count). The van der Waals surface area contributed by atoms with E-state index in [1.54, 1.807) is 17.8 Å². The van der Waals surface area contributed by atoms with Crippen molar-refractivity contribution in [3.63, 3.8) is 0 Å². The Labute approximate surface area is 187 Å². The van der Waals surface area contributed by atoms with Gasteiger partial charge in [0.1, 0.15) is 5.82 Å². The van der Waals surface area contributed by atoms with E-state index >= 15 is 0 Å². The van der Waals surface area contributed by atoms with Gasteiger partial charge in [0.15, 0.2) is 0 Å². The van der Waals surface area contributed by atoms with Crippen molar-refractivity contribution in [1.82, 2.24) is 14.5 Å². The van der Waals surface area contributed by atoms with E-state index in [0.29, 0.717) is 5.92 Å². The molecule has 30 heavy (non-hydrogen) atoms. The maximum absolute atomic E-state index is 5.69.